The first-order valence-electron chi connectivity index (χ1n) is 7.16. The molecule has 0 aliphatic heterocycles. The predicted octanol–water partition coefficient (Wildman–Crippen LogP) is 2.39. The molecule has 0 spiro atoms. The van der Waals surface area contributed by atoms with Crippen LogP contribution in [0.3, 0.4) is 0 Å². The van der Waals surface area contributed by atoms with Gasteiger partial charge in [-0.2, -0.15) is 0 Å². The second kappa shape index (κ2) is 5.85. The minimum atomic E-state index is 0.201. The SMILES string of the molecule is CC(C)(CNCCCN)c1ccc2c(c1)CCC2. The van der Waals surface area contributed by atoms with Crippen LogP contribution in [0.4, 0.5) is 0 Å². The van der Waals surface area contributed by atoms with Crippen molar-refractivity contribution in [3.05, 3.63) is 34.9 Å². The summed E-state index contributed by atoms with van der Waals surface area (Å²) in [6.07, 6.45) is 4.92. The van der Waals surface area contributed by atoms with E-state index >= 15 is 0 Å². The highest BCUT2D eigenvalue weighted by molar-refractivity contribution is 5.38. The Hall–Kier alpha value is -0.860. The lowest BCUT2D eigenvalue weighted by Crippen LogP contribution is -2.34. The zero-order valence-electron chi connectivity index (χ0n) is 11.8. The minimum absolute atomic E-state index is 0.201. The molecule has 0 atom stereocenters. The number of benzene rings is 1. The quantitative estimate of drug-likeness (QED) is 0.756. The number of hydrogen-bond donors (Lipinski definition) is 2. The number of aryl methyl sites for hydroxylation is 2. The molecule has 0 unspecified atom stereocenters. The van der Waals surface area contributed by atoms with Crippen LogP contribution in [0, 0.1) is 0 Å². The minimum Gasteiger partial charge on any atom is -0.330 e. The largest absolute Gasteiger partial charge is 0.330 e. The molecule has 0 amide bonds. The van der Waals surface area contributed by atoms with E-state index in [4.69, 9.17) is 5.73 Å². The van der Waals surface area contributed by atoms with Crippen molar-refractivity contribution >= 4 is 0 Å². The van der Waals surface area contributed by atoms with E-state index in [9.17, 15) is 0 Å². The maximum Gasteiger partial charge on any atom is 0.00431 e. The molecule has 0 heterocycles. The van der Waals surface area contributed by atoms with E-state index in [-0.39, 0.29) is 5.41 Å². The van der Waals surface area contributed by atoms with Crippen molar-refractivity contribution in [3.8, 4) is 0 Å². The molecule has 0 radical (unpaired) electrons. The second-order valence-electron chi connectivity index (χ2n) is 6.04. The van der Waals surface area contributed by atoms with Gasteiger partial charge in [0.1, 0.15) is 0 Å². The van der Waals surface area contributed by atoms with E-state index in [0.29, 0.717) is 0 Å². The molecule has 1 aliphatic carbocycles. The van der Waals surface area contributed by atoms with Gasteiger partial charge in [0.25, 0.3) is 0 Å². The molecule has 3 N–H and O–H groups in total. The molecular formula is C16H26N2. The first kappa shape index (κ1) is 13.6. The van der Waals surface area contributed by atoms with Crippen LogP contribution in [0.5, 0.6) is 0 Å². The van der Waals surface area contributed by atoms with Crippen molar-refractivity contribution in [2.75, 3.05) is 19.6 Å². The highest BCUT2D eigenvalue weighted by Crippen LogP contribution is 2.29. The number of nitrogens with two attached hydrogens (primary N) is 1. The molecule has 2 rings (SSSR count). The summed E-state index contributed by atoms with van der Waals surface area (Å²) in [6, 6.07) is 7.07. The van der Waals surface area contributed by atoms with Crippen LogP contribution < -0.4 is 11.1 Å². The average molecular weight is 246 g/mol. The average Bonchev–Trinajstić information content (AvgIpc) is 2.82. The summed E-state index contributed by atoms with van der Waals surface area (Å²) in [6.45, 7) is 7.45. The van der Waals surface area contributed by atoms with Crippen LogP contribution in [0.2, 0.25) is 0 Å². The van der Waals surface area contributed by atoms with Crippen molar-refractivity contribution in [3.63, 3.8) is 0 Å². The standard InChI is InChI=1S/C16H26N2/c1-16(2,12-18-10-4-9-17)15-8-7-13-5-3-6-14(13)11-15/h7-8,11,18H,3-6,9-10,12,17H2,1-2H3. The van der Waals surface area contributed by atoms with Gasteiger partial charge in [-0.3, -0.25) is 0 Å². The summed E-state index contributed by atoms with van der Waals surface area (Å²) in [5.74, 6) is 0. The lowest BCUT2D eigenvalue weighted by atomic mass is 9.83. The maximum atomic E-state index is 5.51. The zero-order chi connectivity index (χ0) is 13.0. The number of fused-ring (bicyclic) bond motifs is 1. The monoisotopic (exact) mass is 246 g/mol. The molecule has 0 bridgehead atoms. The maximum absolute atomic E-state index is 5.51. The van der Waals surface area contributed by atoms with Gasteiger partial charge in [-0.1, -0.05) is 32.0 Å². The molecule has 0 aromatic heterocycles. The first-order valence-corrected chi connectivity index (χ1v) is 7.16. The highest BCUT2D eigenvalue weighted by Gasteiger charge is 2.22. The topological polar surface area (TPSA) is 38.0 Å². The second-order valence-corrected chi connectivity index (χ2v) is 6.04. The Morgan fingerprint density at radius 3 is 2.78 bits per heavy atom. The van der Waals surface area contributed by atoms with Crippen LogP contribution in [0.25, 0.3) is 0 Å². The normalized spacial score (nSPS) is 14.8. The molecule has 1 aromatic carbocycles. The highest BCUT2D eigenvalue weighted by atomic mass is 14.9. The van der Waals surface area contributed by atoms with E-state index in [2.05, 4.69) is 37.4 Å². The third kappa shape index (κ3) is 3.12. The summed E-state index contributed by atoms with van der Waals surface area (Å²) in [7, 11) is 0. The lowest BCUT2D eigenvalue weighted by molar-refractivity contribution is 0.467. The van der Waals surface area contributed by atoms with Crippen LogP contribution in [-0.4, -0.2) is 19.6 Å². The van der Waals surface area contributed by atoms with E-state index in [0.717, 1.165) is 26.1 Å². The summed E-state index contributed by atoms with van der Waals surface area (Å²) in [5, 5.41) is 3.51. The van der Waals surface area contributed by atoms with Gasteiger partial charge < -0.3 is 11.1 Å². The van der Waals surface area contributed by atoms with Gasteiger partial charge in [0.15, 0.2) is 0 Å². The van der Waals surface area contributed by atoms with E-state index in [1.54, 1.807) is 11.1 Å². The van der Waals surface area contributed by atoms with E-state index in [1.165, 1.54) is 24.8 Å². The van der Waals surface area contributed by atoms with Crippen molar-refractivity contribution in [2.45, 2.75) is 44.9 Å². The third-order valence-corrected chi connectivity index (χ3v) is 4.00. The molecular weight excluding hydrogens is 220 g/mol. The van der Waals surface area contributed by atoms with Crippen molar-refractivity contribution < 1.29 is 0 Å². The fraction of sp³-hybridized carbons (Fsp3) is 0.625. The Balaban J connectivity index is 2.00. The van der Waals surface area contributed by atoms with Crippen LogP contribution in [0.15, 0.2) is 18.2 Å². The van der Waals surface area contributed by atoms with Gasteiger partial charge in [-0.05, 0) is 55.5 Å². The lowest BCUT2D eigenvalue weighted by Gasteiger charge is -2.26. The molecule has 2 nitrogen and oxygen atoms in total. The Morgan fingerprint density at radius 1 is 1.22 bits per heavy atom. The summed E-state index contributed by atoms with van der Waals surface area (Å²) in [4.78, 5) is 0. The number of hydrogen-bond acceptors (Lipinski definition) is 2. The molecule has 2 heteroatoms. The summed E-state index contributed by atoms with van der Waals surface area (Å²) in [5.41, 5.74) is 10.3. The smallest absolute Gasteiger partial charge is 0.00431 e. The van der Waals surface area contributed by atoms with Crippen LogP contribution in [-0.2, 0) is 18.3 Å². The molecule has 0 saturated heterocycles. The van der Waals surface area contributed by atoms with E-state index in [1.807, 2.05) is 0 Å². The fourth-order valence-corrected chi connectivity index (χ4v) is 2.72. The Morgan fingerprint density at radius 2 is 2.00 bits per heavy atom. The van der Waals surface area contributed by atoms with Gasteiger partial charge in [-0.25, -0.2) is 0 Å². The van der Waals surface area contributed by atoms with Gasteiger partial charge in [0.2, 0.25) is 0 Å². The number of rotatable bonds is 6. The van der Waals surface area contributed by atoms with Gasteiger partial charge in [-0.15, -0.1) is 0 Å². The van der Waals surface area contributed by atoms with Crippen molar-refractivity contribution in [2.24, 2.45) is 5.73 Å². The predicted molar refractivity (Wildman–Crippen MR) is 78.0 cm³/mol. The molecule has 0 fully saturated rings. The number of nitrogens with one attached hydrogen (secondary N) is 1. The van der Waals surface area contributed by atoms with Gasteiger partial charge in [0.05, 0.1) is 0 Å². The zero-order valence-corrected chi connectivity index (χ0v) is 11.8. The van der Waals surface area contributed by atoms with Gasteiger partial charge >= 0.3 is 0 Å². The molecule has 18 heavy (non-hydrogen) atoms. The Bertz CT molecular complexity index is 396. The fourth-order valence-electron chi connectivity index (χ4n) is 2.72. The molecule has 100 valence electrons. The van der Waals surface area contributed by atoms with Gasteiger partial charge in [0, 0.05) is 12.0 Å². The van der Waals surface area contributed by atoms with Crippen LogP contribution >= 0.6 is 0 Å². The Kier molecular flexibility index (Phi) is 4.41. The first-order chi connectivity index (χ1) is 8.63. The summed E-state index contributed by atoms with van der Waals surface area (Å²) >= 11 is 0. The Labute approximate surface area is 111 Å². The van der Waals surface area contributed by atoms with Crippen LogP contribution in [0.1, 0.15) is 43.4 Å². The molecule has 1 aromatic rings. The van der Waals surface area contributed by atoms with Crippen molar-refractivity contribution in [1.29, 1.82) is 0 Å². The molecule has 0 saturated carbocycles. The third-order valence-electron chi connectivity index (χ3n) is 4.00. The van der Waals surface area contributed by atoms with E-state index < -0.39 is 0 Å². The summed E-state index contributed by atoms with van der Waals surface area (Å²) < 4.78 is 0. The van der Waals surface area contributed by atoms with Crippen molar-refractivity contribution in [1.82, 2.24) is 5.32 Å². The molecule has 1 aliphatic rings.